The summed E-state index contributed by atoms with van der Waals surface area (Å²) >= 11 is 1.35. The molecule has 0 radical (unpaired) electrons. The average molecular weight is 555 g/mol. The molecule has 0 unspecified atom stereocenters. The van der Waals surface area contributed by atoms with Gasteiger partial charge in [0.2, 0.25) is 0 Å². The van der Waals surface area contributed by atoms with Gasteiger partial charge >= 0.3 is 0 Å². The molecule has 5 heterocycles. The van der Waals surface area contributed by atoms with Crippen molar-refractivity contribution in [2.75, 3.05) is 23.7 Å². The van der Waals surface area contributed by atoms with E-state index in [2.05, 4.69) is 35.8 Å². The van der Waals surface area contributed by atoms with E-state index in [1.807, 2.05) is 29.3 Å². The summed E-state index contributed by atoms with van der Waals surface area (Å²) in [6.45, 7) is 3.18. The van der Waals surface area contributed by atoms with E-state index in [1.54, 1.807) is 48.9 Å². The molecule has 6 rings (SSSR count). The first-order valence-corrected chi connectivity index (χ1v) is 13.7. The zero-order valence-electron chi connectivity index (χ0n) is 21.6. The van der Waals surface area contributed by atoms with Crippen molar-refractivity contribution in [2.24, 2.45) is 0 Å². The highest BCUT2D eigenvalue weighted by Crippen LogP contribution is 2.33. The second-order valence-corrected chi connectivity index (χ2v) is 10.4. The highest BCUT2D eigenvalue weighted by molar-refractivity contribution is 7.11. The van der Waals surface area contributed by atoms with Crippen LogP contribution in [-0.4, -0.2) is 61.0 Å². The second kappa shape index (κ2) is 11.1. The fourth-order valence-electron chi connectivity index (χ4n) is 4.64. The number of rotatable bonds is 7. The number of nitrogens with one attached hydrogen (secondary N) is 3. The molecule has 12 heteroatoms. The molecule has 1 aliphatic rings. The lowest BCUT2D eigenvalue weighted by molar-refractivity contribution is 0.0714. The van der Waals surface area contributed by atoms with Crippen LogP contribution in [0.4, 0.5) is 11.6 Å². The van der Waals surface area contributed by atoms with Crippen molar-refractivity contribution in [1.82, 2.24) is 30.0 Å². The summed E-state index contributed by atoms with van der Waals surface area (Å²) in [4.78, 5) is 40.0. The number of benzene rings is 1. The van der Waals surface area contributed by atoms with Gasteiger partial charge in [0.1, 0.15) is 22.7 Å². The lowest BCUT2D eigenvalue weighted by atomic mass is 10.1. The standard InChI is InChI=1S/C28H26N8O3S/c1-17-8-10-29-22(15-17)33-26(37)18-4-6-20(7-5-18)39-21-9-11-30-24-23(21)25(35-34-24)32-19-3-2-13-36(16-19)28(38)27-31-12-14-40-27/h4-12,14-15,19H,2-3,13,16H2,1H3,(H,29,33,37)(H2,30,32,34,35)/t19-/m1/s1. The number of fused-ring (bicyclic) bond motifs is 1. The van der Waals surface area contributed by atoms with E-state index in [0.29, 0.717) is 57.8 Å². The molecule has 0 bridgehead atoms. The van der Waals surface area contributed by atoms with Crippen molar-refractivity contribution in [3.05, 3.63) is 82.6 Å². The number of aromatic nitrogens is 5. The summed E-state index contributed by atoms with van der Waals surface area (Å²) in [6, 6.07) is 12.3. The van der Waals surface area contributed by atoms with Crippen molar-refractivity contribution in [2.45, 2.75) is 25.8 Å². The number of anilines is 2. The summed E-state index contributed by atoms with van der Waals surface area (Å²) in [6.07, 6.45) is 6.72. The van der Waals surface area contributed by atoms with Crippen LogP contribution in [0.3, 0.4) is 0 Å². The first-order chi connectivity index (χ1) is 19.5. The molecule has 1 aliphatic heterocycles. The number of hydrogen-bond acceptors (Lipinski definition) is 9. The molecule has 3 N–H and O–H groups in total. The maximum atomic E-state index is 12.8. The number of carbonyl (C=O) groups is 2. The van der Waals surface area contributed by atoms with Gasteiger partial charge < -0.3 is 20.3 Å². The quantitative estimate of drug-likeness (QED) is 0.259. The molecule has 2 amide bonds. The van der Waals surface area contributed by atoms with Crippen LogP contribution in [0.15, 0.2) is 66.4 Å². The van der Waals surface area contributed by atoms with Crippen LogP contribution in [0.5, 0.6) is 11.5 Å². The molecule has 0 saturated carbocycles. The second-order valence-electron chi connectivity index (χ2n) is 9.48. The maximum Gasteiger partial charge on any atom is 0.282 e. The molecule has 40 heavy (non-hydrogen) atoms. The minimum Gasteiger partial charge on any atom is -0.456 e. The molecule has 5 aromatic rings. The summed E-state index contributed by atoms with van der Waals surface area (Å²) < 4.78 is 6.20. The van der Waals surface area contributed by atoms with Crippen LogP contribution in [0.25, 0.3) is 11.0 Å². The van der Waals surface area contributed by atoms with Crippen molar-refractivity contribution in [3.8, 4) is 11.5 Å². The monoisotopic (exact) mass is 554 g/mol. The van der Waals surface area contributed by atoms with Crippen molar-refractivity contribution < 1.29 is 14.3 Å². The average Bonchev–Trinajstić information content (AvgIpc) is 3.65. The van der Waals surface area contributed by atoms with E-state index in [0.717, 1.165) is 18.4 Å². The molecule has 1 atom stereocenters. The number of piperidine rings is 1. The number of amides is 2. The summed E-state index contributed by atoms with van der Waals surface area (Å²) in [5, 5.41) is 16.7. The van der Waals surface area contributed by atoms with Gasteiger partial charge in [-0.1, -0.05) is 0 Å². The Kier molecular flexibility index (Phi) is 7.06. The van der Waals surface area contributed by atoms with Gasteiger partial charge in [0.15, 0.2) is 16.5 Å². The molecule has 1 saturated heterocycles. The third-order valence-corrected chi connectivity index (χ3v) is 7.35. The molecule has 0 aliphatic carbocycles. The molecular formula is C28H26N8O3S. The Labute approximate surface area is 233 Å². The van der Waals surface area contributed by atoms with Gasteiger partial charge in [0.05, 0.1) is 0 Å². The van der Waals surface area contributed by atoms with Crippen LogP contribution in [0.2, 0.25) is 0 Å². The topological polar surface area (TPSA) is 138 Å². The molecule has 4 aromatic heterocycles. The van der Waals surface area contributed by atoms with E-state index >= 15 is 0 Å². The molecule has 0 spiro atoms. The Morgan fingerprint density at radius 1 is 1.07 bits per heavy atom. The van der Waals surface area contributed by atoms with Crippen LogP contribution in [-0.2, 0) is 0 Å². The number of H-pyrrole nitrogens is 1. The van der Waals surface area contributed by atoms with E-state index in [-0.39, 0.29) is 17.9 Å². The van der Waals surface area contributed by atoms with Crippen LogP contribution in [0, 0.1) is 6.92 Å². The van der Waals surface area contributed by atoms with Crippen molar-refractivity contribution in [3.63, 3.8) is 0 Å². The minimum atomic E-state index is -0.257. The van der Waals surface area contributed by atoms with E-state index in [4.69, 9.17) is 4.74 Å². The molecule has 202 valence electrons. The SMILES string of the molecule is Cc1ccnc(NC(=O)c2ccc(Oc3ccnc4[nH]nc(N[C@@H]5CCCN(C(=O)c6nccs6)C5)c34)cc2)c1. The summed E-state index contributed by atoms with van der Waals surface area (Å²) in [5.41, 5.74) is 2.07. The van der Waals surface area contributed by atoms with E-state index < -0.39 is 0 Å². The number of likely N-dealkylation sites (tertiary alicyclic amines) is 1. The minimum absolute atomic E-state index is 0.0120. The Hall–Kier alpha value is -4.84. The number of nitrogens with zero attached hydrogens (tertiary/aromatic N) is 5. The summed E-state index contributed by atoms with van der Waals surface area (Å²) in [7, 11) is 0. The number of carbonyl (C=O) groups excluding carboxylic acids is 2. The highest BCUT2D eigenvalue weighted by Gasteiger charge is 2.27. The van der Waals surface area contributed by atoms with Gasteiger partial charge in [-0.3, -0.25) is 14.7 Å². The molecule has 1 aromatic carbocycles. The van der Waals surface area contributed by atoms with Crippen molar-refractivity contribution in [1.29, 1.82) is 0 Å². The lowest BCUT2D eigenvalue weighted by Gasteiger charge is -2.32. The fourth-order valence-corrected chi connectivity index (χ4v) is 5.25. The van der Waals surface area contributed by atoms with Gasteiger partial charge in [-0.15, -0.1) is 11.3 Å². The van der Waals surface area contributed by atoms with Gasteiger partial charge in [0, 0.05) is 54.7 Å². The lowest BCUT2D eigenvalue weighted by Crippen LogP contribution is -2.45. The molecule has 1 fully saturated rings. The number of hydrogen-bond donors (Lipinski definition) is 3. The Bertz CT molecular complexity index is 1650. The van der Waals surface area contributed by atoms with Gasteiger partial charge in [-0.2, -0.15) is 5.10 Å². The van der Waals surface area contributed by atoms with Gasteiger partial charge in [-0.25, -0.2) is 15.0 Å². The summed E-state index contributed by atoms with van der Waals surface area (Å²) in [5.74, 6) is 1.92. The van der Waals surface area contributed by atoms with Crippen LogP contribution in [0.1, 0.15) is 38.6 Å². The van der Waals surface area contributed by atoms with Crippen LogP contribution >= 0.6 is 11.3 Å². The number of aromatic amines is 1. The van der Waals surface area contributed by atoms with Gasteiger partial charge in [-0.05, 0) is 61.7 Å². The van der Waals surface area contributed by atoms with Gasteiger partial charge in [0.25, 0.3) is 11.8 Å². The zero-order valence-corrected chi connectivity index (χ0v) is 22.4. The predicted molar refractivity (Wildman–Crippen MR) is 152 cm³/mol. The third-order valence-electron chi connectivity index (χ3n) is 6.59. The first-order valence-electron chi connectivity index (χ1n) is 12.8. The van der Waals surface area contributed by atoms with E-state index in [1.165, 1.54) is 11.3 Å². The van der Waals surface area contributed by atoms with E-state index in [9.17, 15) is 9.59 Å². The number of pyridine rings is 2. The highest BCUT2D eigenvalue weighted by atomic mass is 32.1. The largest absolute Gasteiger partial charge is 0.456 e. The maximum absolute atomic E-state index is 12.8. The number of ether oxygens (including phenoxy) is 1. The normalized spacial score (nSPS) is 15.1. The zero-order chi connectivity index (χ0) is 27.5. The van der Waals surface area contributed by atoms with Crippen molar-refractivity contribution >= 4 is 45.8 Å². The smallest absolute Gasteiger partial charge is 0.282 e. The third kappa shape index (κ3) is 5.47. The van der Waals surface area contributed by atoms with Crippen LogP contribution < -0.4 is 15.4 Å². The number of thiazole rings is 1. The first kappa shape index (κ1) is 25.4. The number of aryl methyl sites for hydroxylation is 1. The Morgan fingerprint density at radius 2 is 1.93 bits per heavy atom. The fraction of sp³-hybridized carbons (Fsp3) is 0.214. The molecule has 11 nitrogen and oxygen atoms in total. The predicted octanol–water partition coefficient (Wildman–Crippen LogP) is 4.88. The molecular weight excluding hydrogens is 528 g/mol. The Balaban J connectivity index is 1.16. The Morgan fingerprint density at radius 3 is 2.73 bits per heavy atom.